The number of nitro groups is 1. The molecule has 0 spiro atoms. The Balaban J connectivity index is 2.15. The van der Waals surface area contributed by atoms with Crippen molar-refractivity contribution < 1.29 is 14.5 Å². The van der Waals surface area contributed by atoms with E-state index in [9.17, 15) is 14.9 Å². The molecule has 1 fully saturated rings. The van der Waals surface area contributed by atoms with Gasteiger partial charge in [-0.2, -0.15) is 0 Å². The van der Waals surface area contributed by atoms with Crippen molar-refractivity contribution in [2.45, 2.75) is 18.9 Å². The van der Waals surface area contributed by atoms with Gasteiger partial charge in [0, 0.05) is 6.07 Å². The van der Waals surface area contributed by atoms with E-state index in [1.165, 1.54) is 25.3 Å². The number of amides is 1. The first-order chi connectivity index (χ1) is 9.11. The maximum absolute atomic E-state index is 11.9. The number of hydrogen-bond acceptors (Lipinski definition) is 5. The Morgan fingerprint density at radius 1 is 1.58 bits per heavy atom. The predicted octanol–water partition coefficient (Wildman–Crippen LogP) is 1.29. The molecule has 0 saturated carbocycles. The van der Waals surface area contributed by atoms with Crippen molar-refractivity contribution in [1.82, 2.24) is 5.32 Å². The molecule has 19 heavy (non-hydrogen) atoms. The fourth-order valence-corrected chi connectivity index (χ4v) is 2.02. The molecule has 2 rings (SSSR count). The summed E-state index contributed by atoms with van der Waals surface area (Å²) in [5, 5.41) is 16.5. The van der Waals surface area contributed by atoms with E-state index in [-0.39, 0.29) is 23.4 Å². The maximum atomic E-state index is 11.9. The number of hydrogen-bond donors (Lipinski definition) is 2. The zero-order chi connectivity index (χ0) is 13.8. The zero-order valence-electron chi connectivity index (χ0n) is 10.5. The number of ether oxygens (including phenoxy) is 1. The fraction of sp³-hybridized carbons (Fsp3) is 0.417. The molecule has 1 saturated heterocycles. The molecule has 1 aliphatic heterocycles. The van der Waals surface area contributed by atoms with Gasteiger partial charge in [-0.05, 0) is 25.5 Å². The lowest BCUT2D eigenvalue weighted by Crippen LogP contribution is -2.35. The van der Waals surface area contributed by atoms with Crippen LogP contribution in [0.15, 0.2) is 18.2 Å². The van der Waals surface area contributed by atoms with E-state index in [0.717, 1.165) is 19.4 Å². The molecular weight excluding hydrogens is 250 g/mol. The van der Waals surface area contributed by atoms with Crippen LogP contribution in [0.2, 0.25) is 0 Å². The van der Waals surface area contributed by atoms with E-state index in [0.29, 0.717) is 5.69 Å². The monoisotopic (exact) mass is 265 g/mol. The van der Waals surface area contributed by atoms with Gasteiger partial charge in [0.15, 0.2) is 0 Å². The van der Waals surface area contributed by atoms with E-state index in [2.05, 4.69) is 10.6 Å². The molecule has 1 aliphatic rings. The minimum absolute atomic E-state index is 0.0751. The lowest BCUT2D eigenvalue weighted by Gasteiger charge is -2.13. The Bertz CT molecular complexity index is 498. The Morgan fingerprint density at radius 3 is 2.95 bits per heavy atom. The number of carbonyl (C=O) groups is 1. The highest BCUT2D eigenvalue weighted by atomic mass is 16.6. The molecule has 1 atom stereocenters. The molecular formula is C12H15N3O4. The summed E-state index contributed by atoms with van der Waals surface area (Å²) in [4.78, 5) is 22.1. The molecule has 1 aromatic carbocycles. The third-order valence-electron chi connectivity index (χ3n) is 3.03. The SMILES string of the molecule is COc1cc([N+](=O)[O-])ccc1NC(=O)C1CCCN1. The molecule has 1 heterocycles. The minimum Gasteiger partial charge on any atom is -0.494 e. The van der Waals surface area contributed by atoms with Crippen LogP contribution in [0.25, 0.3) is 0 Å². The second-order valence-electron chi connectivity index (χ2n) is 4.28. The first kappa shape index (κ1) is 13.3. The number of nitro benzene ring substituents is 1. The van der Waals surface area contributed by atoms with Gasteiger partial charge in [-0.25, -0.2) is 0 Å². The van der Waals surface area contributed by atoms with Crippen LogP contribution in [0.3, 0.4) is 0 Å². The number of benzene rings is 1. The number of rotatable bonds is 4. The summed E-state index contributed by atoms with van der Waals surface area (Å²) in [6.07, 6.45) is 1.76. The van der Waals surface area contributed by atoms with Gasteiger partial charge in [-0.15, -0.1) is 0 Å². The summed E-state index contributed by atoms with van der Waals surface area (Å²) in [7, 11) is 1.41. The molecule has 7 nitrogen and oxygen atoms in total. The third kappa shape index (κ3) is 3.00. The number of methoxy groups -OCH3 is 1. The Hall–Kier alpha value is -2.15. The standard InChI is InChI=1S/C12H15N3O4/c1-19-11-7-8(15(17)18)4-5-9(11)14-12(16)10-3-2-6-13-10/h4-5,7,10,13H,2-3,6H2,1H3,(H,14,16). The van der Waals surface area contributed by atoms with Crippen molar-refractivity contribution >= 4 is 17.3 Å². The average molecular weight is 265 g/mol. The van der Waals surface area contributed by atoms with Gasteiger partial charge in [-0.3, -0.25) is 14.9 Å². The second kappa shape index (κ2) is 5.66. The van der Waals surface area contributed by atoms with E-state index in [4.69, 9.17) is 4.74 Å². The van der Waals surface area contributed by atoms with Gasteiger partial charge >= 0.3 is 0 Å². The molecule has 0 aliphatic carbocycles. The summed E-state index contributed by atoms with van der Waals surface area (Å²) in [5.74, 6) is 0.130. The molecule has 7 heteroatoms. The smallest absolute Gasteiger partial charge is 0.273 e. The Kier molecular flexibility index (Phi) is 3.96. The Labute approximate surface area is 110 Å². The number of carbonyl (C=O) groups excluding carboxylic acids is 1. The highest BCUT2D eigenvalue weighted by molar-refractivity contribution is 5.96. The molecule has 0 aromatic heterocycles. The molecule has 1 amide bonds. The van der Waals surface area contributed by atoms with Crippen LogP contribution in [0.1, 0.15) is 12.8 Å². The van der Waals surface area contributed by atoms with Crippen molar-refractivity contribution in [2.24, 2.45) is 0 Å². The topological polar surface area (TPSA) is 93.5 Å². The van der Waals surface area contributed by atoms with E-state index < -0.39 is 4.92 Å². The quantitative estimate of drug-likeness (QED) is 0.632. The van der Waals surface area contributed by atoms with E-state index in [1.807, 2.05) is 0 Å². The van der Waals surface area contributed by atoms with Gasteiger partial charge in [-0.1, -0.05) is 0 Å². The van der Waals surface area contributed by atoms with Crippen LogP contribution >= 0.6 is 0 Å². The first-order valence-corrected chi connectivity index (χ1v) is 5.98. The van der Waals surface area contributed by atoms with Crippen molar-refractivity contribution in [3.63, 3.8) is 0 Å². The van der Waals surface area contributed by atoms with Crippen LogP contribution in [0.4, 0.5) is 11.4 Å². The lowest BCUT2D eigenvalue weighted by molar-refractivity contribution is -0.384. The molecule has 2 N–H and O–H groups in total. The largest absolute Gasteiger partial charge is 0.494 e. The average Bonchev–Trinajstić information content (AvgIpc) is 2.92. The van der Waals surface area contributed by atoms with Crippen molar-refractivity contribution in [3.05, 3.63) is 28.3 Å². The minimum atomic E-state index is -0.507. The Morgan fingerprint density at radius 2 is 2.37 bits per heavy atom. The summed E-state index contributed by atoms with van der Waals surface area (Å²) in [6.45, 7) is 0.829. The fourth-order valence-electron chi connectivity index (χ4n) is 2.02. The van der Waals surface area contributed by atoms with Crippen molar-refractivity contribution in [3.8, 4) is 5.75 Å². The molecule has 0 radical (unpaired) electrons. The molecule has 102 valence electrons. The molecule has 0 bridgehead atoms. The zero-order valence-corrected chi connectivity index (χ0v) is 10.5. The van der Waals surface area contributed by atoms with Crippen LogP contribution < -0.4 is 15.4 Å². The second-order valence-corrected chi connectivity index (χ2v) is 4.28. The number of non-ortho nitro benzene ring substituents is 1. The highest BCUT2D eigenvalue weighted by Crippen LogP contribution is 2.29. The summed E-state index contributed by atoms with van der Waals surface area (Å²) < 4.78 is 5.06. The van der Waals surface area contributed by atoms with Crippen LogP contribution in [0, 0.1) is 10.1 Å². The summed E-state index contributed by atoms with van der Waals surface area (Å²) >= 11 is 0. The van der Waals surface area contributed by atoms with Crippen LogP contribution in [-0.2, 0) is 4.79 Å². The number of nitrogens with zero attached hydrogens (tertiary/aromatic N) is 1. The van der Waals surface area contributed by atoms with Gasteiger partial charge < -0.3 is 15.4 Å². The van der Waals surface area contributed by atoms with Gasteiger partial charge in [0.2, 0.25) is 5.91 Å². The number of anilines is 1. The van der Waals surface area contributed by atoms with Gasteiger partial charge in [0.05, 0.1) is 29.8 Å². The molecule has 1 aromatic rings. The molecule has 1 unspecified atom stereocenters. The van der Waals surface area contributed by atoms with Gasteiger partial charge in [0.25, 0.3) is 5.69 Å². The van der Waals surface area contributed by atoms with Crippen LogP contribution in [0.5, 0.6) is 5.75 Å². The van der Waals surface area contributed by atoms with Gasteiger partial charge in [0.1, 0.15) is 5.75 Å². The van der Waals surface area contributed by atoms with Crippen LogP contribution in [-0.4, -0.2) is 30.5 Å². The predicted molar refractivity (Wildman–Crippen MR) is 69.3 cm³/mol. The third-order valence-corrected chi connectivity index (χ3v) is 3.03. The maximum Gasteiger partial charge on any atom is 0.273 e. The summed E-state index contributed by atoms with van der Waals surface area (Å²) in [5.41, 5.74) is 0.362. The summed E-state index contributed by atoms with van der Waals surface area (Å²) in [6, 6.07) is 3.89. The first-order valence-electron chi connectivity index (χ1n) is 5.98. The van der Waals surface area contributed by atoms with E-state index >= 15 is 0 Å². The highest BCUT2D eigenvalue weighted by Gasteiger charge is 2.23. The number of nitrogens with one attached hydrogen (secondary N) is 2. The lowest BCUT2D eigenvalue weighted by atomic mass is 10.2. The van der Waals surface area contributed by atoms with E-state index in [1.54, 1.807) is 0 Å². The normalized spacial score (nSPS) is 18.1. The van der Waals surface area contributed by atoms with Crippen molar-refractivity contribution in [2.75, 3.05) is 19.0 Å². The van der Waals surface area contributed by atoms with Crippen molar-refractivity contribution in [1.29, 1.82) is 0 Å².